The van der Waals surface area contributed by atoms with Crippen LogP contribution in [-0.4, -0.2) is 66.0 Å². The molecule has 3 rings (SSSR count). The summed E-state index contributed by atoms with van der Waals surface area (Å²) in [5, 5.41) is 17.6. The molecule has 0 aliphatic carbocycles. The topological polar surface area (TPSA) is 79.6 Å². The summed E-state index contributed by atoms with van der Waals surface area (Å²) < 4.78 is 7.15. The van der Waals surface area contributed by atoms with Crippen LogP contribution in [0.25, 0.3) is 0 Å². The number of hydrogen-bond donors (Lipinski definition) is 2. The molecule has 2 unspecified atom stereocenters. The van der Waals surface area contributed by atoms with Gasteiger partial charge >= 0.3 is 0 Å². The van der Waals surface area contributed by atoms with Gasteiger partial charge in [-0.2, -0.15) is 0 Å². The van der Waals surface area contributed by atoms with Gasteiger partial charge in [0.2, 0.25) is 0 Å². The number of ether oxygens (including phenoxy) is 1. The molecule has 1 fully saturated rings. The normalized spacial score (nSPS) is 20.5. The van der Waals surface area contributed by atoms with Crippen molar-refractivity contribution in [3.8, 4) is 0 Å². The number of thiophene rings is 1. The minimum Gasteiger partial charge on any atom is -0.385 e. The highest BCUT2D eigenvalue weighted by Gasteiger charge is 2.31. The summed E-state index contributed by atoms with van der Waals surface area (Å²) in [5.74, 6) is 3.13. The van der Waals surface area contributed by atoms with Gasteiger partial charge in [-0.15, -0.1) is 21.5 Å². The predicted molar refractivity (Wildman–Crippen MR) is 122 cm³/mol. The molecule has 8 nitrogen and oxygen atoms in total. The quantitative estimate of drug-likeness (QED) is 0.359. The Kier molecular flexibility index (Phi) is 8.65. The van der Waals surface area contributed by atoms with Crippen molar-refractivity contribution in [1.82, 2.24) is 30.3 Å². The molecule has 0 saturated carbocycles. The lowest BCUT2D eigenvalue weighted by molar-refractivity contribution is 0.125. The molecule has 30 heavy (non-hydrogen) atoms. The van der Waals surface area contributed by atoms with Crippen LogP contribution in [0.5, 0.6) is 0 Å². The summed E-state index contributed by atoms with van der Waals surface area (Å²) in [7, 11) is 5.95. The monoisotopic (exact) mass is 433 g/mol. The maximum Gasteiger partial charge on any atom is 0.191 e. The highest BCUT2D eigenvalue weighted by Crippen LogP contribution is 2.36. The molecule has 2 atom stereocenters. The van der Waals surface area contributed by atoms with Crippen molar-refractivity contribution in [3.63, 3.8) is 0 Å². The van der Waals surface area contributed by atoms with Gasteiger partial charge in [-0.25, -0.2) is 4.99 Å². The number of aryl methyl sites for hydroxylation is 1. The van der Waals surface area contributed by atoms with Crippen molar-refractivity contribution in [2.75, 3.05) is 40.4 Å². The minimum atomic E-state index is 0.461. The zero-order valence-corrected chi connectivity index (χ0v) is 19.4. The van der Waals surface area contributed by atoms with E-state index in [2.05, 4.69) is 50.3 Å². The Morgan fingerprint density at radius 2 is 2.20 bits per heavy atom. The number of nitrogens with zero attached hydrogens (tertiary/aromatic N) is 5. The number of likely N-dealkylation sites (tertiary alicyclic amines) is 1. The van der Waals surface area contributed by atoms with E-state index in [1.54, 1.807) is 7.11 Å². The maximum absolute atomic E-state index is 5.17. The molecule has 1 aliphatic heterocycles. The fourth-order valence-electron chi connectivity index (χ4n) is 3.95. The standard InChI is InChI=1S/C21H35N7OS/c1-16-25-26-19(28(16)3)15-24-21(22-10-7-12-29-4)23-14-17-8-5-11-27(2)20(17)18-9-6-13-30-18/h6,9,13,17,20H,5,7-8,10-12,14-15H2,1-4H3,(H2,22,23,24). The van der Waals surface area contributed by atoms with Gasteiger partial charge in [0.1, 0.15) is 12.4 Å². The van der Waals surface area contributed by atoms with Gasteiger partial charge in [-0.05, 0) is 57.1 Å². The summed E-state index contributed by atoms with van der Waals surface area (Å²) >= 11 is 1.85. The van der Waals surface area contributed by atoms with E-state index in [4.69, 9.17) is 9.73 Å². The first-order valence-electron chi connectivity index (χ1n) is 10.7. The van der Waals surface area contributed by atoms with Crippen molar-refractivity contribution < 1.29 is 4.74 Å². The number of methoxy groups -OCH3 is 1. The van der Waals surface area contributed by atoms with Crippen LogP contribution < -0.4 is 10.6 Å². The molecule has 2 aromatic heterocycles. The molecule has 3 heterocycles. The average molecular weight is 434 g/mol. The number of aliphatic imine (C=N–C) groups is 1. The Hall–Kier alpha value is -1.97. The predicted octanol–water partition coefficient (Wildman–Crippen LogP) is 2.34. The summed E-state index contributed by atoms with van der Waals surface area (Å²) in [6, 6.07) is 4.88. The second-order valence-corrected chi connectivity index (χ2v) is 8.86. The number of rotatable bonds is 9. The third-order valence-electron chi connectivity index (χ3n) is 5.75. The number of hydrogen-bond acceptors (Lipinski definition) is 6. The van der Waals surface area contributed by atoms with E-state index in [-0.39, 0.29) is 0 Å². The van der Waals surface area contributed by atoms with Crippen LogP contribution >= 0.6 is 11.3 Å². The molecule has 1 aliphatic rings. The van der Waals surface area contributed by atoms with Crippen molar-refractivity contribution in [2.24, 2.45) is 18.0 Å². The van der Waals surface area contributed by atoms with Crippen LogP contribution in [0.3, 0.4) is 0 Å². The Bertz CT molecular complexity index is 789. The molecule has 0 radical (unpaired) electrons. The lowest BCUT2D eigenvalue weighted by Gasteiger charge is -2.39. The van der Waals surface area contributed by atoms with Gasteiger partial charge in [-0.1, -0.05) is 6.07 Å². The third-order valence-corrected chi connectivity index (χ3v) is 6.70. The zero-order chi connectivity index (χ0) is 21.3. The van der Waals surface area contributed by atoms with E-state index in [1.165, 1.54) is 17.7 Å². The molecule has 0 aromatic carbocycles. The highest BCUT2D eigenvalue weighted by atomic mass is 32.1. The van der Waals surface area contributed by atoms with Gasteiger partial charge in [0.05, 0.1) is 0 Å². The first kappa shape index (κ1) is 22.7. The van der Waals surface area contributed by atoms with Gasteiger partial charge in [0.25, 0.3) is 0 Å². The van der Waals surface area contributed by atoms with Crippen LogP contribution in [0.15, 0.2) is 22.5 Å². The smallest absolute Gasteiger partial charge is 0.191 e. The lowest BCUT2D eigenvalue weighted by atomic mass is 9.88. The van der Waals surface area contributed by atoms with Gasteiger partial charge < -0.3 is 19.9 Å². The SMILES string of the molecule is COCCCNC(=NCc1nnc(C)n1C)NCC1CCCN(C)C1c1cccs1. The van der Waals surface area contributed by atoms with E-state index >= 15 is 0 Å². The van der Waals surface area contributed by atoms with Gasteiger partial charge in [0.15, 0.2) is 11.8 Å². The van der Waals surface area contributed by atoms with Crippen LogP contribution in [0.4, 0.5) is 0 Å². The molecule has 166 valence electrons. The number of piperidine rings is 1. The van der Waals surface area contributed by atoms with Crippen LogP contribution in [0.1, 0.15) is 41.8 Å². The van der Waals surface area contributed by atoms with Crippen LogP contribution in [-0.2, 0) is 18.3 Å². The molecular weight excluding hydrogens is 398 g/mol. The van der Waals surface area contributed by atoms with Crippen molar-refractivity contribution in [3.05, 3.63) is 34.0 Å². The Labute approximate surface area is 183 Å². The fraction of sp³-hybridized carbons (Fsp3) is 0.667. The Balaban J connectivity index is 1.65. The maximum atomic E-state index is 5.17. The van der Waals surface area contributed by atoms with Crippen molar-refractivity contribution in [1.29, 1.82) is 0 Å². The van der Waals surface area contributed by atoms with E-state index in [0.29, 0.717) is 18.5 Å². The molecule has 0 amide bonds. The van der Waals surface area contributed by atoms with E-state index in [9.17, 15) is 0 Å². The first-order valence-corrected chi connectivity index (χ1v) is 11.6. The molecule has 0 bridgehead atoms. The molecular formula is C21H35N7OS. The molecule has 9 heteroatoms. The Morgan fingerprint density at radius 3 is 2.90 bits per heavy atom. The average Bonchev–Trinajstić information content (AvgIpc) is 3.38. The number of guanidine groups is 1. The number of aromatic nitrogens is 3. The van der Waals surface area contributed by atoms with Crippen molar-refractivity contribution in [2.45, 2.75) is 38.8 Å². The first-order chi connectivity index (χ1) is 14.6. The number of nitrogens with one attached hydrogen (secondary N) is 2. The summed E-state index contributed by atoms with van der Waals surface area (Å²) in [6.45, 7) is 6.04. The molecule has 2 N–H and O–H groups in total. The summed E-state index contributed by atoms with van der Waals surface area (Å²) in [6.07, 6.45) is 3.39. The largest absolute Gasteiger partial charge is 0.385 e. The second kappa shape index (κ2) is 11.4. The van der Waals surface area contributed by atoms with Gasteiger partial charge in [0, 0.05) is 44.8 Å². The third kappa shape index (κ3) is 6.02. The zero-order valence-electron chi connectivity index (χ0n) is 18.6. The van der Waals surface area contributed by atoms with E-state index in [1.807, 2.05) is 29.9 Å². The summed E-state index contributed by atoms with van der Waals surface area (Å²) in [4.78, 5) is 8.72. The second-order valence-electron chi connectivity index (χ2n) is 7.88. The van der Waals surface area contributed by atoms with E-state index in [0.717, 1.165) is 50.3 Å². The highest BCUT2D eigenvalue weighted by molar-refractivity contribution is 7.10. The van der Waals surface area contributed by atoms with Crippen molar-refractivity contribution >= 4 is 17.3 Å². The Morgan fingerprint density at radius 1 is 1.33 bits per heavy atom. The molecule has 0 spiro atoms. The fourth-order valence-corrected chi connectivity index (χ4v) is 4.93. The van der Waals surface area contributed by atoms with E-state index < -0.39 is 0 Å². The molecule has 2 aromatic rings. The van der Waals surface area contributed by atoms with Crippen LogP contribution in [0, 0.1) is 12.8 Å². The van der Waals surface area contributed by atoms with Crippen LogP contribution in [0.2, 0.25) is 0 Å². The lowest BCUT2D eigenvalue weighted by Crippen LogP contribution is -2.45. The molecule has 1 saturated heterocycles. The van der Waals surface area contributed by atoms with Gasteiger partial charge in [-0.3, -0.25) is 4.90 Å². The summed E-state index contributed by atoms with van der Waals surface area (Å²) in [5.41, 5.74) is 0. The minimum absolute atomic E-state index is 0.461.